The minimum atomic E-state index is -0.432. The Balaban J connectivity index is 2.52. The molecule has 1 aromatic rings. The van der Waals surface area contributed by atoms with Gasteiger partial charge in [-0.05, 0) is 25.5 Å². The van der Waals surface area contributed by atoms with E-state index in [1.54, 1.807) is 19.9 Å². The van der Waals surface area contributed by atoms with Crippen molar-refractivity contribution in [2.75, 3.05) is 13.2 Å². The molecule has 0 atom stereocenters. The van der Waals surface area contributed by atoms with Gasteiger partial charge in [-0.2, -0.15) is 0 Å². The standard InChI is InChI=1S/C14H17NO3/c1-3-18-13(16)10-15-14(17)11(2)9-12-7-5-4-6-8-12/h4-9H,3,10H2,1-2H3,(H,15,17)/b11-9+. The maximum Gasteiger partial charge on any atom is 0.325 e. The number of esters is 1. The van der Waals surface area contributed by atoms with Crippen LogP contribution in [0.3, 0.4) is 0 Å². The third-order valence-corrected chi connectivity index (χ3v) is 2.24. The summed E-state index contributed by atoms with van der Waals surface area (Å²) in [7, 11) is 0. The molecule has 0 heterocycles. The van der Waals surface area contributed by atoms with E-state index >= 15 is 0 Å². The Hall–Kier alpha value is -2.10. The fraction of sp³-hybridized carbons (Fsp3) is 0.286. The number of amides is 1. The molecular weight excluding hydrogens is 230 g/mol. The van der Waals surface area contributed by atoms with E-state index in [9.17, 15) is 9.59 Å². The summed E-state index contributed by atoms with van der Waals surface area (Å²) < 4.78 is 4.72. The van der Waals surface area contributed by atoms with Crippen LogP contribution in [0.2, 0.25) is 0 Å². The van der Waals surface area contributed by atoms with Crippen LogP contribution in [0, 0.1) is 0 Å². The van der Waals surface area contributed by atoms with Gasteiger partial charge < -0.3 is 10.1 Å². The van der Waals surface area contributed by atoms with Gasteiger partial charge in [-0.1, -0.05) is 30.3 Å². The first-order valence-electron chi connectivity index (χ1n) is 5.80. The number of ether oxygens (including phenoxy) is 1. The smallest absolute Gasteiger partial charge is 0.325 e. The summed E-state index contributed by atoms with van der Waals surface area (Å²) in [5.74, 6) is -0.703. The largest absolute Gasteiger partial charge is 0.465 e. The third kappa shape index (κ3) is 4.82. The molecule has 1 amide bonds. The van der Waals surface area contributed by atoms with Crippen molar-refractivity contribution >= 4 is 18.0 Å². The van der Waals surface area contributed by atoms with E-state index in [2.05, 4.69) is 5.32 Å². The number of carbonyl (C=O) groups is 2. The van der Waals surface area contributed by atoms with Crippen LogP contribution in [-0.4, -0.2) is 25.0 Å². The van der Waals surface area contributed by atoms with Gasteiger partial charge in [-0.3, -0.25) is 9.59 Å². The van der Waals surface area contributed by atoms with E-state index in [1.807, 2.05) is 30.3 Å². The molecule has 0 aliphatic heterocycles. The summed E-state index contributed by atoms with van der Waals surface area (Å²) in [5, 5.41) is 2.51. The average Bonchev–Trinajstić information content (AvgIpc) is 2.37. The first-order valence-corrected chi connectivity index (χ1v) is 5.80. The van der Waals surface area contributed by atoms with Crippen LogP contribution >= 0.6 is 0 Å². The Kier molecular flexibility index (Phi) is 5.64. The number of benzene rings is 1. The Morgan fingerprint density at radius 1 is 1.28 bits per heavy atom. The second kappa shape index (κ2) is 7.27. The van der Waals surface area contributed by atoms with Crippen molar-refractivity contribution in [1.82, 2.24) is 5.32 Å². The van der Waals surface area contributed by atoms with Crippen LogP contribution in [0.5, 0.6) is 0 Å². The van der Waals surface area contributed by atoms with Gasteiger partial charge in [0.05, 0.1) is 6.61 Å². The lowest BCUT2D eigenvalue weighted by atomic mass is 10.1. The van der Waals surface area contributed by atoms with Crippen LogP contribution in [0.15, 0.2) is 35.9 Å². The molecule has 4 heteroatoms. The summed E-state index contributed by atoms with van der Waals surface area (Å²) in [6.45, 7) is 3.63. The van der Waals surface area contributed by atoms with E-state index < -0.39 is 5.97 Å². The monoisotopic (exact) mass is 247 g/mol. The van der Waals surface area contributed by atoms with Crippen LogP contribution in [0.1, 0.15) is 19.4 Å². The number of hydrogen-bond donors (Lipinski definition) is 1. The van der Waals surface area contributed by atoms with Crippen molar-refractivity contribution in [2.45, 2.75) is 13.8 Å². The van der Waals surface area contributed by atoms with Crippen LogP contribution in [0.4, 0.5) is 0 Å². The molecule has 0 aromatic heterocycles. The summed E-state index contributed by atoms with van der Waals surface area (Å²) in [5.41, 5.74) is 1.49. The number of carbonyl (C=O) groups excluding carboxylic acids is 2. The highest BCUT2D eigenvalue weighted by Crippen LogP contribution is 2.05. The predicted octanol–water partition coefficient (Wildman–Crippen LogP) is 1.77. The van der Waals surface area contributed by atoms with Crippen LogP contribution in [0.25, 0.3) is 6.08 Å². The molecule has 1 N–H and O–H groups in total. The molecular formula is C14H17NO3. The molecule has 0 spiro atoms. The molecule has 1 aromatic carbocycles. The molecule has 0 fully saturated rings. The first-order chi connectivity index (χ1) is 8.63. The van der Waals surface area contributed by atoms with Gasteiger partial charge in [0.1, 0.15) is 6.54 Å². The maximum atomic E-state index is 11.7. The van der Waals surface area contributed by atoms with Gasteiger partial charge in [0.15, 0.2) is 0 Å². The van der Waals surface area contributed by atoms with Crippen molar-refractivity contribution in [3.63, 3.8) is 0 Å². The lowest BCUT2D eigenvalue weighted by Gasteiger charge is -2.05. The quantitative estimate of drug-likeness (QED) is 0.637. The van der Waals surface area contributed by atoms with Gasteiger partial charge in [0.25, 0.3) is 0 Å². The van der Waals surface area contributed by atoms with E-state index in [1.165, 1.54) is 0 Å². The zero-order chi connectivity index (χ0) is 13.4. The molecule has 0 unspecified atom stereocenters. The van der Waals surface area contributed by atoms with Crippen molar-refractivity contribution in [3.8, 4) is 0 Å². The Morgan fingerprint density at radius 2 is 1.94 bits per heavy atom. The molecule has 0 radical (unpaired) electrons. The summed E-state index contributed by atoms with van der Waals surface area (Å²) in [6, 6.07) is 9.52. The Bertz CT molecular complexity index is 438. The lowest BCUT2D eigenvalue weighted by molar-refractivity contribution is -0.143. The van der Waals surface area contributed by atoms with Crippen molar-refractivity contribution in [3.05, 3.63) is 41.5 Å². The van der Waals surface area contributed by atoms with Gasteiger partial charge in [0.2, 0.25) is 5.91 Å². The van der Waals surface area contributed by atoms with Crippen LogP contribution < -0.4 is 5.32 Å². The number of hydrogen-bond acceptors (Lipinski definition) is 3. The highest BCUT2D eigenvalue weighted by molar-refractivity contribution is 5.98. The molecule has 0 aliphatic carbocycles. The maximum absolute atomic E-state index is 11.7. The molecule has 0 saturated heterocycles. The lowest BCUT2D eigenvalue weighted by Crippen LogP contribution is -2.31. The van der Waals surface area contributed by atoms with Gasteiger partial charge in [-0.25, -0.2) is 0 Å². The molecule has 0 aliphatic rings. The number of nitrogens with one attached hydrogen (secondary N) is 1. The Morgan fingerprint density at radius 3 is 2.56 bits per heavy atom. The van der Waals surface area contributed by atoms with Crippen molar-refractivity contribution < 1.29 is 14.3 Å². The molecule has 0 saturated carbocycles. The van der Waals surface area contributed by atoms with Gasteiger partial charge >= 0.3 is 5.97 Å². The highest BCUT2D eigenvalue weighted by atomic mass is 16.5. The molecule has 0 bridgehead atoms. The molecule has 18 heavy (non-hydrogen) atoms. The van der Waals surface area contributed by atoms with E-state index in [0.29, 0.717) is 12.2 Å². The Labute approximate surface area is 107 Å². The minimum absolute atomic E-state index is 0.105. The summed E-state index contributed by atoms with van der Waals surface area (Å²) in [6.07, 6.45) is 1.76. The van der Waals surface area contributed by atoms with Gasteiger partial charge in [-0.15, -0.1) is 0 Å². The normalized spacial score (nSPS) is 10.9. The zero-order valence-electron chi connectivity index (χ0n) is 10.6. The fourth-order valence-electron chi connectivity index (χ4n) is 1.37. The van der Waals surface area contributed by atoms with E-state index in [4.69, 9.17) is 4.74 Å². The molecule has 4 nitrogen and oxygen atoms in total. The third-order valence-electron chi connectivity index (χ3n) is 2.24. The predicted molar refractivity (Wildman–Crippen MR) is 69.7 cm³/mol. The SMILES string of the molecule is CCOC(=O)CNC(=O)/C(C)=C/c1ccccc1. The van der Waals surface area contributed by atoms with Crippen molar-refractivity contribution in [2.24, 2.45) is 0 Å². The van der Waals surface area contributed by atoms with E-state index in [-0.39, 0.29) is 12.5 Å². The van der Waals surface area contributed by atoms with Crippen molar-refractivity contribution in [1.29, 1.82) is 0 Å². The highest BCUT2D eigenvalue weighted by Gasteiger charge is 2.07. The molecule has 96 valence electrons. The zero-order valence-corrected chi connectivity index (χ0v) is 10.6. The summed E-state index contributed by atoms with van der Waals surface area (Å²) in [4.78, 5) is 22.7. The topological polar surface area (TPSA) is 55.4 Å². The van der Waals surface area contributed by atoms with Gasteiger partial charge in [0, 0.05) is 5.57 Å². The second-order valence-corrected chi connectivity index (χ2v) is 3.73. The van der Waals surface area contributed by atoms with E-state index in [0.717, 1.165) is 5.56 Å². The van der Waals surface area contributed by atoms with Crippen LogP contribution in [-0.2, 0) is 14.3 Å². The minimum Gasteiger partial charge on any atom is -0.465 e. The fourth-order valence-corrected chi connectivity index (χ4v) is 1.37. The number of rotatable bonds is 5. The average molecular weight is 247 g/mol. The summed E-state index contributed by atoms with van der Waals surface area (Å²) >= 11 is 0. The first kappa shape index (κ1) is 14.0. The second-order valence-electron chi connectivity index (χ2n) is 3.73. The molecule has 1 rings (SSSR count).